The van der Waals surface area contributed by atoms with Crippen molar-refractivity contribution >= 4 is 77.6 Å². The summed E-state index contributed by atoms with van der Waals surface area (Å²) in [6.45, 7) is 0. The van der Waals surface area contributed by atoms with E-state index in [1.54, 1.807) is 6.07 Å². The van der Waals surface area contributed by atoms with Crippen molar-refractivity contribution in [2.24, 2.45) is 0 Å². The van der Waals surface area contributed by atoms with Gasteiger partial charge in [0.05, 0.1) is 33.6 Å². The van der Waals surface area contributed by atoms with Crippen molar-refractivity contribution < 1.29 is 9.53 Å². The highest BCUT2D eigenvalue weighted by Gasteiger charge is 2.12. The van der Waals surface area contributed by atoms with Gasteiger partial charge in [0.1, 0.15) is 0 Å². The number of nitrogens with one attached hydrogen (secondary N) is 2. The third-order valence-corrected chi connectivity index (χ3v) is 5.67. The fraction of sp³-hybridized carbons (Fsp3) is 0.0625. The van der Waals surface area contributed by atoms with Crippen molar-refractivity contribution in [3.8, 4) is 0 Å². The van der Waals surface area contributed by atoms with Gasteiger partial charge < -0.3 is 15.5 Å². The quantitative estimate of drug-likeness (QED) is 0.318. The number of carbonyl (C=O) groups excluding carboxylic acids is 1. The summed E-state index contributed by atoms with van der Waals surface area (Å²) in [4.78, 5) is 38.0. The Hall–Kier alpha value is -1.81. The van der Waals surface area contributed by atoms with Gasteiger partial charge in [0.25, 0.3) is 5.56 Å². The fourth-order valence-corrected chi connectivity index (χ4v) is 3.03. The van der Waals surface area contributed by atoms with Crippen LogP contribution in [0.3, 0.4) is 0 Å². The molecule has 27 heavy (non-hydrogen) atoms. The Balaban J connectivity index is 0.000000194. The number of fused-ring (bicyclic) bond motifs is 1. The minimum Gasteiger partial charge on any atom is -0.465 e. The molecule has 3 aromatic rings. The second-order valence-corrected chi connectivity index (χ2v) is 7.59. The Labute approximate surface area is 179 Å². The topological polar surface area (TPSA) is 118 Å². The van der Waals surface area contributed by atoms with Crippen LogP contribution in [0.2, 0.25) is 10.0 Å². The number of aromatic nitrogens is 2. The minimum absolute atomic E-state index is 0.304. The lowest BCUT2D eigenvalue weighted by Gasteiger charge is -2.05. The molecule has 0 aliphatic heterocycles. The number of aromatic amines is 2. The van der Waals surface area contributed by atoms with E-state index < -0.39 is 17.2 Å². The van der Waals surface area contributed by atoms with Gasteiger partial charge in [0.15, 0.2) is 0 Å². The third-order valence-electron chi connectivity index (χ3n) is 3.28. The summed E-state index contributed by atoms with van der Waals surface area (Å²) in [7, 11) is 1.30. The number of H-pyrrole nitrogens is 2. The molecule has 0 radical (unpaired) electrons. The van der Waals surface area contributed by atoms with Gasteiger partial charge in [0, 0.05) is 14.6 Å². The van der Waals surface area contributed by atoms with Gasteiger partial charge in [-0.25, -0.2) is 9.59 Å². The lowest BCUT2D eigenvalue weighted by molar-refractivity contribution is 0.0602. The largest absolute Gasteiger partial charge is 0.465 e. The number of ether oxygens (including phenoxy) is 1. The van der Waals surface area contributed by atoms with Gasteiger partial charge in [-0.05, 0) is 56.1 Å². The summed E-state index contributed by atoms with van der Waals surface area (Å²) >= 11 is 17.9. The van der Waals surface area contributed by atoms with Crippen LogP contribution >= 0.6 is 55.1 Å². The van der Waals surface area contributed by atoms with Gasteiger partial charge in [-0.2, -0.15) is 0 Å². The lowest BCUT2D eigenvalue weighted by Crippen LogP contribution is -2.21. The molecule has 0 atom stereocenters. The highest BCUT2D eigenvalue weighted by Crippen LogP contribution is 2.28. The average Bonchev–Trinajstić information content (AvgIpc) is 2.60. The van der Waals surface area contributed by atoms with Crippen LogP contribution in [0.1, 0.15) is 10.4 Å². The summed E-state index contributed by atoms with van der Waals surface area (Å²) < 4.78 is 5.76. The van der Waals surface area contributed by atoms with Gasteiger partial charge in [-0.15, -0.1) is 0 Å². The van der Waals surface area contributed by atoms with Crippen LogP contribution in [0.5, 0.6) is 0 Å². The standard InChI is InChI=1S/C8H4BrClN2O2.C8H7BrClNO2/c9-4-1-3-6(2-5(4)10)11-8(14)12-7(3)13;1-13-8(12)4-2-5(9)6(10)3-7(4)11/h1-2H,(H2,11,12,13,14);2-3H,11H2,1H3. The van der Waals surface area contributed by atoms with E-state index in [0.29, 0.717) is 41.1 Å². The molecule has 0 fully saturated rings. The summed E-state index contributed by atoms with van der Waals surface area (Å²) in [5, 5.41) is 1.30. The van der Waals surface area contributed by atoms with Crippen molar-refractivity contribution in [2.75, 3.05) is 12.8 Å². The Morgan fingerprint density at radius 3 is 2.26 bits per heavy atom. The van der Waals surface area contributed by atoms with E-state index in [9.17, 15) is 14.4 Å². The first kappa shape index (κ1) is 21.5. The van der Waals surface area contributed by atoms with Crippen LogP contribution in [0.4, 0.5) is 5.69 Å². The molecule has 1 aromatic heterocycles. The van der Waals surface area contributed by atoms with E-state index in [1.807, 2.05) is 0 Å². The molecule has 0 aliphatic rings. The molecule has 0 saturated carbocycles. The van der Waals surface area contributed by atoms with Crippen LogP contribution in [-0.4, -0.2) is 23.0 Å². The maximum atomic E-state index is 11.3. The Bertz CT molecular complexity index is 1140. The highest BCUT2D eigenvalue weighted by atomic mass is 79.9. The maximum absolute atomic E-state index is 11.3. The van der Waals surface area contributed by atoms with E-state index >= 15 is 0 Å². The number of nitrogen functional groups attached to an aromatic ring is 1. The van der Waals surface area contributed by atoms with Gasteiger partial charge >= 0.3 is 11.7 Å². The first-order valence-corrected chi connectivity index (χ1v) is 9.42. The van der Waals surface area contributed by atoms with E-state index in [0.717, 1.165) is 0 Å². The van der Waals surface area contributed by atoms with E-state index in [2.05, 4.69) is 46.6 Å². The van der Waals surface area contributed by atoms with E-state index in [4.69, 9.17) is 28.9 Å². The second-order valence-electron chi connectivity index (χ2n) is 5.07. The zero-order valence-corrected chi connectivity index (χ0v) is 18.2. The molecule has 7 nitrogen and oxygen atoms in total. The molecule has 11 heteroatoms. The number of carbonyl (C=O) groups is 1. The van der Waals surface area contributed by atoms with Crippen LogP contribution in [0.15, 0.2) is 42.8 Å². The van der Waals surface area contributed by atoms with Gasteiger partial charge in [-0.1, -0.05) is 23.2 Å². The molecule has 0 amide bonds. The monoisotopic (exact) mass is 537 g/mol. The molecule has 0 aliphatic carbocycles. The Morgan fingerprint density at radius 2 is 1.63 bits per heavy atom. The van der Waals surface area contributed by atoms with Crippen molar-refractivity contribution in [2.45, 2.75) is 0 Å². The average molecular weight is 540 g/mol. The summed E-state index contributed by atoms with van der Waals surface area (Å²) in [5.74, 6) is -0.477. The number of nitrogens with two attached hydrogens (primary N) is 1. The molecular formula is C16H11Br2Cl2N3O4. The Morgan fingerprint density at radius 1 is 1.04 bits per heavy atom. The molecule has 1 heterocycles. The molecule has 4 N–H and O–H groups in total. The number of esters is 1. The first-order valence-electron chi connectivity index (χ1n) is 7.08. The predicted molar refractivity (Wildman–Crippen MR) is 113 cm³/mol. The van der Waals surface area contributed by atoms with Crippen molar-refractivity contribution in [1.29, 1.82) is 0 Å². The van der Waals surface area contributed by atoms with E-state index in [-0.39, 0.29) is 0 Å². The summed E-state index contributed by atoms with van der Waals surface area (Å²) in [6.07, 6.45) is 0. The zero-order chi connectivity index (χ0) is 20.3. The Kier molecular flexibility index (Phi) is 7.10. The SMILES string of the molecule is COC(=O)c1cc(Br)c(Cl)cc1N.O=c1[nH]c(=O)c2cc(Br)c(Cl)cc2[nH]1. The van der Waals surface area contributed by atoms with Crippen molar-refractivity contribution in [3.63, 3.8) is 0 Å². The van der Waals surface area contributed by atoms with Crippen LogP contribution in [-0.2, 0) is 4.74 Å². The number of methoxy groups -OCH3 is 1. The van der Waals surface area contributed by atoms with Gasteiger partial charge in [-0.3, -0.25) is 9.78 Å². The van der Waals surface area contributed by atoms with Gasteiger partial charge in [0.2, 0.25) is 0 Å². The highest BCUT2D eigenvalue weighted by molar-refractivity contribution is 9.10. The zero-order valence-electron chi connectivity index (χ0n) is 13.5. The molecule has 0 unspecified atom stereocenters. The number of anilines is 1. The number of hydrogen-bond donors (Lipinski definition) is 3. The third kappa shape index (κ3) is 5.13. The fourth-order valence-electron chi connectivity index (χ4n) is 2.01. The van der Waals surface area contributed by atoms with Crippen LogP contribution in [0.25, 0.3) is 10.9 Å². The number of benzene rings is 2. The number of hydrogen-bond acceptors (Lipinski definition) is 5. The smallest absolute Gasteiger partial charge is 0.339 e. The lowest BCUT2D eigenvalue weighted by atomic mass is 10.2. The van der Waals surface area contributed by atoms with Crippen molar-refractivity contribution in [1.82, 2.24) is 9.97 Å². The molecule has 0 spiro atoms. The molecule has 0 saturated heterocycles. The normalized spacial score (nSPS) is 10.3. The van der Waals surface area contributed by atoms with Crippen LogP contribution in [0, 0.1) is 0 Å². The number of rotatable bonds is 1. The molecule has 3 rings (SSSR count). The molecule has 142 valence electrons. The summed E-state index contributed by atoms with van der Waals surface area (Å²) in [5.41, 5.74) is 5.62. The van der Waals surface area contributed by atoms with E-state index in [1.165, 1.54) is 25.3 Å². The molecular weight excluding hydrogens is 529 g/mol. The first-order chi connectivity index (χ1) is 12.6. The van der Waals surface area contributed by atoms with Crippen LogP contribution < -0.4 is 17.0 Å². The van der Waals surface area contributed by atoms with Crippen molar-refractivity contribution in [3.05, 3.63) is 69.7 Å². The number of halogens is 4. The second kappa shape index (κ2) is 8.92. The maximum Gasteiger partial charge on any atom is 0.339 e. The molecule has 2 aromatic carbocycles. The summed E-state index contributed by atoms with van der Waals surface area (Å²) in [6, 6.07) is 6.12. The molecule has 0 bridgehead atoms. The predicted octanol–water partition coefficient (Wildman–Crippen LogP) is 4.10. The minimum atomic E-state index is -0.541.